The van der Waals surface area contributed by atoms with E-state index in [1.165, 1.54) is 6.33 Å². The molecule has 122 valence electrons. The Morgan fingerprint density at radius 1 is 1.22 bits per heavy atom. The summed E-state index contributed by atoms with van der Waals surface area (Å²) >= 11 is 0. The van der Waals surface area contributed by atoms with Crippen molar-refractivity contribution in [2.75, 3.05) is 12.4 Å². The van der Waals surface area contributed by atoms with Crippen LogP contribution >= 0.6 is 0 Å². The second-order valence-electron chi connectivity index (χ2n) is 6.16. The minimum absolute atomic E-state index is 0.0385. The summed E-state index contributed by atoms with van der Waals surface area (Å²) in [5.41, 5.74) is 4.05. The molecule has 2 aromatic heterocycles. The van der Waals surface area contributed by atoms with Gasteiger partial charge in [-0.2, -0.15) is 5.10 Å². The van der Waals surface area contributed by atoms with Gasteiger partial charge in [0, 0.05) is 43.5 Å². The fourth-order valence-electron chi connectivity index (χ4n) is 3.34. The third kappa shape index (κ3) is 2.67. The van der Waals surface area contributed by atoms with Crippen LogP contribution in [-0.4, -0.2) is 43.6 Å². The summed E-state index contributed by atoms with van der Waals surface area (Å²) in [4.78, 5) is 22.5. The summed E-state index contributed by atoms with van der Waals surface area (Å²) in [6.45, 7) is 5.95. The Morgan fingerprint density at radius 3 is 2.57 bits per heavy atom. The third-order valence-electron chi connectivity index (χ3n) is 4.58. The number of aromatic nitrogens is 4. The Morgan fingerprint density at radius 2 is 1.96 bits per heavy atom. The molecule has 1 aliphatic rings. The lowest BCUT2D eigenvalue weighted by molar-refractivity contribution is -0.127. The maximum atomic E-state index is 12.3. The van der Waals surface area contributed by atoms with Crippen LogP contribution in [0.2, 0.25) is 0 Å². The van der Waals surface area contributed by atoms with Crippen molar-refractivity contribution in [3.05, 3.63) is 35.0 Å². The zero-order valence-electron chi connectivity index (χ0n) is 14.2. The molecule has 3 heterocycles. The van der Waals surface area contributed by atoms with Crippen molar-refractivity contribution in [1.29, 1.82) is 0 Å². The zero-order valence-corrected chi connectivity index (χ0v) is 14.2. The fourth-order valence-corrected chi connectivity index (χ4v) is 3.34. The van der Waals surface area contributed by atoms with Gasteiger partial charge in [-0.25, -0.2) is 9.97 Å². The molecule has 0 bridgehead atoms. The summed E-state index contributed by atoms with van der Waals surface area (Å²) in [6, 6.07) is 1.80. The van der Waals surface area contributed by atoms with Gasteiger partial charge in [0.05, 0.1) is 17.8 Å². The Kier molecular flexibility index (Phi) is 3.79. The van der Waals surface area contributed by atoms with E-state index in [9.17, 15) is 4.79 Å². The average molecular weight is 314 g/mol. The number of hydrogen-bond acceptors (Lipinski definition) is 5. The van der Waals surface area contributed by atoms with Crippen LogP contribution in [0, 0.1) is 20.8 Å². The number of carbonyl (C=O) groups is 1. The lowest BCUT2D eigenvalue weighted by Crippen LogP contribution is -2.31. The van der Waals surface area contributed by atoms with Crippen LogP contribution < -0.4 is 5.32 Å². The molecule has 1 fully saturated rings. The van der Waals surface area contributed by atoms with Gasteiger partial charge in [-0.1, -0.05) is 0 Å². The molecule has 0 aliphatic carbocycles. The Bertz CT molecular complexity index is 753. The number of likely N-dealkylation sites (N-methyl/N-ethyl adjacent to an activating group) is 1. The molecule has 7 nitrogen and oxygen atoms in total. The van der Waals surface area contributed by atoms with Crippen molar-refractivity contribution in [3.63, 3.8) is 0 Å². The molecule has 0 aromatic carbocycles. The van der Waals surface area contributed by atoms with Crippen molar-refractivity contribution in [2.45, 2.75) is 39.3 Å². The first kappa shape index (κ1) is 15.5. The monoisotopic (exact) mass is 314 g/mol. The summed E-state index contributed by atoms with van der Waals surface area (Å²) in [5.74, 6) is 0.871. The van der Waals surface area contributed by atoms with Gasteiger partial charge in [0.25, 0.3) is 0 Å². The van der Waals surface area contributed by atoms with Crippen molar-refractivity contribution >= 4 is 11.7 Å². The van der Waals surface area contributed by atoms with Crippen molar-refractivity contribution in [1.82, 2.24) is 24.6 Å². The molecule has 1 N–H and O–H groups in total. The van der Waals surface area contributed by atoms with E-state index in [0.29, 0.717) is 6.42 Å². The first-order valence-electron chi connectivity index (χ1n) is 7.69. The van der Waals surface area contributed by atoms with Crippen LogP contribution in [0.4, 0.5) is 5.82 Å². The number of rotatable bonds is 3. The summed E-state index contributed by atoms with van der Waals surface area (Å²) in [5, 5.41) is 7.90. The summed E-state index contributed by atoms with van der Waals surface area (Å²) in [6.07, 6.45) is 1.98. The second-order valence-corrected chi connectivity index (χ2v) is 6.16. The van der Waals surface area contributed by atoms with Crippen LogP contribution in [0.5, 0.6) is 0 Å². The summed E-state index contributed by atoms with van der Waals surface area (Å²) in [7, 11) is 3.78. The molecular weight excluding hydrogens is 292 g/mol. The molecule has 1 aliphatic heterocycles. The van der Waals surface area contributed by atoms with Crippen molar-refractivity contribution < 1.29 is 4.79 Å². The van der Waals surface area contributed by atoms with Crippen LogP contribution in [-0.2, 0) is 11.8 Å². The first-order chi connectivity index (χ1) is 10.9. The quantitative estimate of drug-likeness (QED) is 0.929. The molecule has 2 atom stereocenters. The van der Waals surface area contributed by atoms with Crippen LogP contribution in [0.3, 0.4) is 0 Å². The molecule has 7 heteroatoms. The van der Waals surface area contributed by atoms with Crippen molar-refractivity contribution in [3.8, 4) is 0 Å². The van der Waals surface area contributed by atoms with Gasteiger partial charge >= 0.3 is 0 Å². The largest absolute Gasteiger partial charge is 0.364 e. The maximum Gasteiger partial charge on any atom is 0.225 e. The first-order valence-corrected chi connectivity index (χ1v) is 7.69. The number of aryl methyl sites for hydroxylation is 3. The topological polar surface area (TPSA) is 75.9 Å². The minimum Gasteiger partial charge on any atom is -0.364 e. The van der Waals surface area contributed by atoms with E-state index < -0.39 is 0 Å². The van der Waals surface area contributed by atoms with Crippen LogP contribution in [0.15, 0.2) is 12.4 Å². The van der Waals surface area contributed by atoms with Gasteiger partial charge in [0.2, 0.25) is 5.91 Å². The molecule has 0 unspecified atom stereocenters. The predicted molar refractivity (Wildman–Crippen MR) is 87.0 cm³/mol. The average Bonchev–Trinajstić information content (AvgIpc) is 2.88. The lowest BCUT2D eigenvalue weighted by Gasteiger charge is -2.26. The van der Waals surface area contributed by atoms with Gasteiger partial charge in [0.15, 0.2) is 0 Å². The Labute approximate surface area is 135 Å². The highest BCUT2D eigenvalue weighted by Gasteiger charge is 2.41. The highest BCUT2D eigenvalue weighted by Crippen LogP contribution is 2.36. The smallest absolute Gasteiger partial charge is 0.225 e. The Balaban J connectivity index is 1.97. The molecule has 3 rings (SSSR count). The highest BCUT2D eigenvalue weighted by molar-refractivity contribution is 5.81. The fraction of sp³-hybridized carbons (Fsp3) is 0.500. The number of amides is 1. The van der Waals surface area contributed by atoms with E-state index in [1.54, 1.807) is 0 Å². The molecular formula is C16H22N6O. The number of nitrogens with one attached hydrogen (secondary N) is 1. The van der Waals surface area contributed by atoms with Gasteiger partial charge in [0.1, 0.15) is 12.1 Å². The minimum atomic E-state index is -0.0496. The molecule has 1 saturated heterocycles. The lowest BCUT2D eigenvalue weighted by atomic mass is 9.98. The van der Waals surface area contributed by atoms with E-state index >= 15 is 0 Å². The zero-order chi connectivity index (χ0) is 16.7. The highest BCUT2D eigenvalue weighted by atomic mass is 16.2. The van der Waals surface area contributed by atoms with Gasteiger partial charge < -0.3 is 10.2 Å². The van der Waals surface area contributed by atoms with E-state index in [4.69, 9.17) is 0 Å². The van der Waals surface area contributed by atoms with E-state index in [2.05, 4.69) is 20.4 Å². The number of nitrogens with zero attached hydrogens (tertiary/aromatic N) is 5. The number of likely N-dealkylation sites (tertiary alicyclic amines) is 1. The second kappa shape index (κ2) is 5.64. The van der Waals surface area contributed by atoms with Gasteiger partial charge in [-0.05, 0) is 20.8 Å². The predicted octanol–water partition coefficient (Wildman–Crippen LogP) is 1.52. The van der Waals surface area contributed by atoms with Crippen LogP contribution in [0.1, 0.15) is 35.1 Å². The van der Waals surface area contributed by atoms with E-state index in [1.807, 2.05) is 50.5 Å². The van der Waals surface area contributed by atoms with E-state index in [-0.39, 0.29) is 18.0 Å². The third-order valence-corrected chi connectivity index (χ3v) is 4.58. The maximum absolute atomic E-state index is 12.3. The Hall–Kier alpha value is -2.44. The summed E-state index contributed by atoms with van der Waals surface area (Å²) < 4.78 is 1.87. The number of carbonyl (C=O) groups excluding carboxylic acids is 1. The molecule has 0 radical (unpaired) electrons. The molecule has 0 saturated carbocycles. The standard InChI is InChI=1S/C16H22N6O/c1-9-6-13(18-8-17-9)19-12-7-14(23)21(4)16(12)15-10(2)20-22(5)11(15)3/h6,8,12,16H,7H2,1-5H3,(H,17,18,19)/t12-,16-/m1/s1. The van der Waals surface area contributed by atoms with Crippen LogP contribution in [0.25, 0.3) is 0 Å². The molecule has 0 spiro atoms. The van der Waals surface area contributed by atoms with Gasteiger partial charge in [-0.15, -0.1) is 0 Å². The number of hydrogen-bond donors (Lipinski definition) is 1. The van der Waals surface area contributed by atoms with Crippen molar-refractivity contribution in [2.24, 2.45) is 7.05 Å². The van der Waals surface area contributed by atoms with E-state index in [0.717, 1.165) is 28.5 Å². The normalized spacial score (nSPS) is 21.1. The van der Waals surface area contributed by atoms with Gasteiger partial charge in [-0.3, -0.25) is 9.48 Å². The number of anilines is 1. The molecule has 1 amide bonds. The SMILES string of the molecule is Cc1cc(N[C@@H]2CC(=O)N(C)[C@H]2c2c(C)nn(C)c2C)ncn1. The molecule has 23 heavy (non-hydrogen) atoms. The molecule has 2 aromatic rings.